The molecule has 0 spiro atoms. The number of ether oxygens (including phenoxy) is 1. The van der Waals surface area contributed by atoms with Crippen molar-refractivity contribution in [3.8, 4) is 0 Å². The van der Waals surface area contributed by atoms with Crippen LogP contribution in [-0.4, -0.2) is 17.2 Å². The van der Waals surface area contributed by atoms with E-state index in [1.165, 1.54) is 0 Å². The lowest BCUT2D eigenvalue weighted by molar-refractivity contribution is -0.139. The fourth-order valence-electron chi connectivity index (χ4n) is 1.23. The normalized spacial score (nSPS) is 9.60. The molecule has 1 aromatic rings. The molecule has 0 amide bonds. The number of hydrogen-bond acceptors (Lipinski definition) is 3. The molecule has 0 aliphatic carbocycles. The second-order valence-electron chi connectivity index (χ2n) is 3.08. The van der Waals surface area contributed by atoms with E-state index >= 15 is 0 Å². The lowest BCUT2D eigenvalue weighted by Crippen LogP contribution is -2.09. The summed E-state index contributed by atoms with van der Waals surface area (Å²) < 4.78 is 3.97. The van der Waals surface area contributed by atoms with Crippen molar-refractivity contribution in [2.24, 2.45) is 0 Å². The van der Waals surface area contributed by atoms with Crippen LogP contribution in [0.15, 0.2) is 30.3 Å². The van der Waals surface area contributed by atoms with Crippen molar-refractivity contribution in [3.63, 3.8) is 0 Å². The zero-order valence-electron chi connectivity index (χ0n) is 8.18. The van der Waals surface area contributed by atoms with Crippen LogP contribution in [0.25, 0.3) is 0 Å². The highest BCUT2D eigenvalue weighted by Gasteiger charge is 2.07. The van der Waals surface area contributed by atoms with Crippen LogP contribution in [0.3, 0.4) is 0 Å². The highest BCUT2D eigenvalue weighted by atomic mass is 16.7. The predicted molar refractivity (Wildman–Crippen MR) is 53.5 cm³/mol. The monoisotopic (exact) mass is 208 g/mol. The summed E-state index contributed by atoms with van der Waals surface area (Å²) >= 11 is 0. The Bertz CT molecular complexity index is 332. The number of hydrogen-bond donors (Lipinski definition) is 1. The molecule has 1 aromatic carbocycles. The van der Waals surface area contributed by atoms with Gasteiger partial charge in [-0.15, -0.1) is 0 Å². The maximum absolute atomic E-state index is 10.8. The zero-order valence-corrected chi connectivity index (χ0v) is 8.18. The molecule has 0 bridgehead atoms. The van der Waals surface area contributed by atoms with E-state index in [9.17, 15) is 9.59 Å². The molecule has 1 N–H and O–H groups in total. The average Bonchev–Trinajstić information content (AvgIpc) is 2.18. The summed E-state index contributed by atoms with van der Waals surface area (Å²) in [5.74, 6) is -0.696. The minimum absolute atomic E-state index is 0.126. The molecular formula is C11H12O4. The maximum atomic E-state index is 10.8. The molecule has 0 saturated heterocycles. The molecule has 0 radical (unpaired) electrons. The SMILES string of the molecule is O=C(O)OC(=O)CCCc1ccccc1. The molecule has 0 aliphatic rings. The molecule has 0 unspecified atom stereocenters. The van der Waals surface area contributed by atoms with Gasteiger partial charge in [-0.2, -0.15) is 0 Å². The van der Waals surface area contributed by atoms with Crippen molar-refractivity contribution in [1.29, 1.82) is 0 Å². The van der Waals surface area contributed by atoms with Gasteiger partial charge in [0.05, 0.1) is 0 Å². The third-order valence-electron chi connectivity index (χ3n) is 1.89. The molecule has 4 nitrogen and oxygen atoms in total. The van der Waals surface area contributed by atoms with Crippen molar-refractivity contribution < 1.29 is 19.4 Å². The Labute approximate surface area is 87.5 Å². The third-order valence-corrected chi connectivity index (χ3v) is 1.89. The summed E-state index contributed by atoms with van der Waals surface area (Å²) in [6.45, 7) is 0. The Kier molecular flexibility index (Phi) is 4.34. The van der Waals surface area contributed by atoms with Crippen molar-refractivity contribution >= 4 is 12.1 Å². The Morgan fingerprint density at radius 2 is 1.87 bits per heavy atom. The lowest BCUT2D eigenvalue weighted by Gasteiger charge is -2.00. The van der Waals surface area contributed by atoms with E-state index < -0.39 is 12.1 Å². The van der Waals surface area contributed by atoms with Crippen molar-refractivity contribution in [2.45, 2.75) is 19.3 Å². The fraction of sp³-hybridized carbons (Fsp3) is 0.273. The van der Waals surface area contributed by atoms with Crippen molar-refractivity contribution in [1.82, 2.24) is 0 Å². The number of benzene rings is 1. The second kappa shape index (κ2) is 5.80. The van der Waals surface area contributed by atoms with Crippen LogP contribution in [0.4, 0.5) is 4.79 Å². The molecule has 1 rings (SSSR count). The molecule has 4 heteroatoms. The van der Waals surface area contributed by atoms with E-state index in [1.54, 1.807) is 0 Å². The largest absolute Gasteiger partial charge is 0.513 e. The van der Waals surface area contributed by atoms with E-state index in [1.807, 2.05) is 30.3 Å². The van der Waals surface area contributed by atoms with Crippen LogP contribution < -0.4 is 0 Å². The van der Waals surface area contributed by atoms with Gasteiger partial charge in [0, 0.05) is 6.42 Å². The number of aryl methyl sites for hydroxylation is 1. The fourth-order valence-corrected chi connectivity index (χ4v) is 1.23. The van der Waals surface area contributed by atoms with Crippen LogP contribution in [-0.2, 0) is 16.0 Å². The van der Waals surface area contributed by atoms with E-state index in [0.717, 1.165) is 12.0 Å². The number of esters is 1. The highest BCUT2D eigenvalue weighted by Crippen LogP contribution is 2.05. The second-order valence-corrected chi connectivity index (χ2v) is 3.08. The molecule has 0 aromatic heterocycles. The van der Waals surface area contributed by atoms with Crippen molar-refractivity contribution in [2.75, 3.05) is 0 Å². The molecule has 0 fully saturated rings. The lowest BCUT2D eigenvalue weighted by atomic mass is 10.1. The van der Waals surface area contributed by atoms with Crippen LogP contribution >= 0.6 is 0 Å². The Balaban J connectivity index is 2.22. The Hall–Kier alpha value is -1.84. The van der Waals surface area contributed by atoms with Crippen molar-refractivity contribution in [3.05, 3.63) is 35.9 Å². The van der Waals surface area contributed by atoms with Gasteiger partial charge in [-0.05, 0) is 18.4 Å². The molecule has 80 valence electrons. The third kappa shape index (κ3) is 4.81. The topological polar surface area (TPSA) is 63.6 Å². The van der Waals surface area contributed by atoms with Crippen LogP contribution in [0.2, 0.25) is 0 Å². The molecule has 15 heavy (non-hydrogen) atoms. The standard InChI is InChI=1S/C11H12O4/c12-10(15-11(13)14)8-4-7-9-5-2-1-3-6-9/h1-3,5-6H,4,7-8H2,(H,13,14). The van der Waals surface area contributed by atoms with E-state index in [2.05, 4.69) is 4.74 Å². The van der Waals surface area contributed by atoms with Crippen LogP contribution in [0, 0.1) is 0 Å². The van der Waals surface area contributed by atoms with Gasteiger partial charge >= 0.3 is 12.1 Å². The van der Waals surface area contributed by atoms with E-state index in [-0.39, 0.29) is 6.42 Å². The number of carbonyl (C=O) groups is 2. The molecule has 0 atom stereocenters. The minimum atomic E-state index is -1.54. The Morgan fingerprint density at radius 3 is 2.47 bits per heavy atom. The van der Waals surface area contributed by atoms with Gasteiger partial charge in [0.15, 0.2) is 0 Å². The first kappa shape index (κ1) is 11.2. The van der Waals surface area contributed by atoms with Crippen LogP contribution in [0.5, 0.6) is 0 Å². The summed E-state index contributed by atoms with van der Waals surface area (Å²) in [4.78, 5) is 20.8. The predicted octanol–water partition coefficient (Wildman–Crippen LogP) is 2.23. The molecule has 0 saturated carbocycles. The average molecular weight is 208 g/mol. The number of rotatable bonds is 4. The van der Waals surface area contributed by atoms with Gasteiger partial charge in [0.2, 0.25) is 0 Å². The van der Waals surface area contributed by atoms with Gasteiger partial charge in [0.1, 0.15) is 0 Å². The Morgan fingerprint density at radius 1 is 1.20 bits per heavy atom. The molecule has 0 heterocycles. The van der Waals surface area contributed by atoms with Gasteiger partial charge in [-0.1, -0.05) is 30.3 Å². The minimum Gasteiger partial charge on any atom is -0.449 e. The van der Waals surface area contributed by atoms with Gasteiger partial charge < -0.3 is 9.84 Å². The smallest absolute Gasteiger partial charge is 0.449 e. The molecular weight excluding hydrogens is 196 g/mol. The summed E-state index contributed by atoms with van der Waals surface area (Å²) in [7, 11) is 0. The van der Waals surface area contributed by atoms with Gasteiger partial charge in [-0.3, -0.25) is 4.79 Å². The molecule has 0 aliphatic heterocycles. The highest BCUT2D eigenvalue weighted by molar-refractivity contribution is 5.80. The first-order valence-corrected chi connectivity index (χ1v) is 4.66. The van der Waals surface area contributed by atoms with E-state index in [0.29, 0.717) is 6.42 Å². The summed E-state index contributed by atoms with van der Waals surface area (Å²) in [5, 5.41) is 8.16. The van der Waals surface area contributed by atoms with Gasteiger partial charge in [0.25, 0.3) is 0 Å². The summed E-state index contributed by atoms with van der Waals surface area (Å²) in [5.41, 5.74) is 1.13. The summed E-state index contributed by atoms with van der Waals surface area (Å²) in [6.07, 6.45) is -0.0768. The number of carboxylic acid groups (broad SMARTS) is 1. The van der Waals surface area contributed by atoms with Crippen LogP contribution in [0.1, 0.15) is 18.4 Å². The quantitative estimate of drug-likeness (QED) is 0.608. The first-order valence-electron chi connectivity index (χ1n) is 4.66. The van der Waals surface area contributed by atoms with E-state index in [4.69, 9.17) is 5.11 Å². The summed E-state index contributed by atoms with van der Waals surface area (Å²) in [6, 6.07) is 9.68. The number of carbonyl (C=O) groups excluding carboxylic acids is 1. The maximum Gasteiger partial charge on any atom is 0.513 e. The first-order chi connectivity index (χ1) is 7.18. The van der Waals surface area contributed by atoms with Gasteiger partial charge in [-0.25, -0.2) is 4.79 Å². The zero-order chi connectivity index (χ0) is 11.1.